The van der Waals surface area contributed by atoms with Crippen molar-refractivity contribution in [3.8, 4) is 0 Å². The molecule has 0 aliphatic heterocycles. The van der Waals surface area contributed by atoms with Gasteiger partial charge in [0.25, 0.3) is 0 Å². The quantitative estimate of drug-likeness (QED) is 0.816. The summed E-state index contributed by atoms with van der Waals surface area (Å²) in [4.78, 5) is 23.2. The lowest BCUT2D eigenvalue weighted by Gasteiger charge is -2.26. The van der Waals surface area contributed by atoms with Crippen LogP contribution in [0, 0.1) is 0 Å². The van der Waals surface area contributed by atoms with Crippen LogP contribution in [0.5, 0.6) is 0 Å². The number of benzene rings is 1. The summed E-state index contributed by atoms with van der Waals surface area (Å²) < 4.78 is 25.5. The molecular formula is C14H16BrF2NO3. The number of halogens is 3. The van der Waals surface area contributed by atoms with E-state index in [0.717, 1.165) is 4.47 Å². The average molecular weight is 364 g/mol. The summed E-state index contributed by atoms with van der Waals surface area (Å²) in [7, 11) is 0. The Bertz CT molecular complexity index is 535. The van der Waals surface area contributed by atoms with Crippen molar-refractivity contribution in [2.24, 2.45) is 0 Å². The number of carbonyl (C=O) groups is 2. The first-order valence-corrected chi connectivity index (χ1v) is 7.02. The summed E-state index contributed by atoms with van der Waals surface area (Å²) >= 11 is 3.29. The number of amides is 1. The van der Waals surface area contributed by atoms with Gasteiger partial charge in [-0.3, -0.25) is 4.79 Å². The summed E-state index contributed by atoms with van der Waals surface area (Å²) in [6.07, 6.45) is -3.73. The number of carboxylic acid groups (broad SMARTS) is 1. The lowest BCUT2D eigenvalue weighted by Crippen LogP contribution is -2.49. The maximum atomic E-state index is 12.3. The minimum absolute atomic E-state index is 0.617. The van der Waals surface area contributed by atoms with Crippen LogP contribution in [-0.4, -0.2) is 29.5 Å². The van der Waals surface area contributed by atoms with E-state index in [1.54, 1.807) is 38.1 Å². The number of alkyl halides is 2. The van der Waals surface area contributed by atoms with Crippen molar-refractivity contribution in [1.82, 2.24) is 5.32 Å². The van der Waals surface area contributed by atoms with Gasteiger partial charge < -0.3 is 10.4 Å². The predicted molar refractivity (Wildman–Crippen MR) is 77.4 cm³/mol. The van der Waals surface area contributed by atoms with E-state index < -0.39 is 36.2 Å². The first kappa shape index (κ1) is 17.6. The van der Waals surface area contributed by atoms with Crippen molar-refractivity contribution in [3.05, 3.63) is 34.3 Å². The number of carboxylic acids is 1. The van der Waals surface area contributed by atoms with Crippen molar-refractivity contribution in [2.45, 2.75) is 38.2 Å². The van der Waals surface area contributed by atoms with Crippen LogP contribution in [0.1, 0.15) is 25.8 Å². The van der Waals surface area contributed by atoms with Gasteiger partial charge in [0.1, 0.15) is 6.04 Å². The Morgan fingerprint density at radius 2 is 2.00 bits per heavy atom. The van der Waals surface area contributed by atoms with Crippen LogP contribution in [0.25, 0.3) is 0 Å². The lowest BCUT2D eigenvalue weighted by atomic mass is 9.83. The smallest absolute Gasteiger partial charge is 0.326 e. The first-order chi connectivity index (χ1) is 9.64. The highest BCUT2D eigenvalue weighted by Gasteiger charge is 2.34. The molecule has 1 amide bonds. The van der Waals surface area contributed by atoms with E-state index in [2.05, 4.69) is 21.2 Å². The van der Waals surface area contributed by atoms with E-state index in [4.69, 9.17) is 5.11 Å². The molecule has 0 bridgehead atoms. The molecule has 1 rings (SSSR count). The third-order valence-electron chi connectivity index (χ3n) is 3.13. The zero-order valence-electron chi connectivity index (χ0n) is 11.6. The molecular weight excluding hydrogens is 348 g/mol. The van der Waals surface area contributed by atoms with Gasteiger partial charge in [-0.2, -0.15) is 0 Å². The molecule has 1 aromatic rings. The molecule has 1 unspecified atom stereocenters. The topological polar surface area (TPSA) is 66.4 Å². The van der Waals surface area contributed by atoms with Crippen LogP contribution < -0.4 is 5.32 Å². The minimum atomic E-state index is -2.81. The minimum Gasteiger partial charge on any atom is -0.480 e. The highest BCUT2D eigenvalue weighted by atomic mass is 79.9. The van der Waals surface area contributed by atoms with Crippen LogP contribution in [-0.2, 0) is 15.0 Å². The summed E-state index contributed by atoms with van der Waals surface area (Å²) in [5.74, 6) is -2.10. The molecule has 0 saturated heterocycles. The molecule has 1 atom stereocenters. The second-order valence-corrected chi connectivity index (χ2v) is 6.04. The largest absolute Gasteiger partial charge is 0.480 e. The van der Waals surface area contributed by atoms with Crippen LogP contribution in [0.2, 0.25) is 0 Å². The van der Waals surface area contributed by atoms with Gasteiger partial charge >= 0.3 is 5.97 Å². The van der Waals surface area contributed by atoms with E-state index in [0.29, 0.717) is 5.56 Å². The SMILES string of the molecule is CC(C)(C(=O)NC(CC(F)F)C(=O)O)c1cccc(Br)c1. The van der Waals surface area contributed by atoms with E-state index >= 15 is 0 Å². The van der Waals surface area contributed by atoms with Gasteiger partial charge in [-0.15, -0.1) is 0 Å². The van der Waals surface area contributed by atoms with Gasteiger partial charge in [0, 0.05) is 10.9 Å². The molecule has 2 N–H and O–H groups in total. The summed E-state index contributed by atoms with van der Waals surface area (Å²) in [5.41, 5.74) is -0.393. The molecule has 0 heterocycles. The normalized spacial score (nSPS) is 13.0. The van der Waals surface area contributed by atoms with Gasteiger partial charge in [-0.1, -0.05) is 28.1 Å². The van der Waals surface area contributed by atoms with E-state index in [1.165, 1.54) is 0 Å². The zero-order valence-corrected chi connectivity index (χ0v) is 13.2. The van der Waals surface area contributed by atoms with Gasteiger partial charge in [-0.25, -0.2) is 13.6 Å². The Morgan fingerprint density at radius 1 is 1.38 bits per heavy atom. The van der Waals surface area contributed by atoms with Crippen molar-refractivity contribution in [2.75, 3.05) is 0 Å². The van der Waals surface area contributed by atoms with Gasteiger partial charge in [0.2, 0.25) is 12.3 Å². The molecule has 0 fully saturated rings. The fourth-order valence-corrected chi connectivity index (χ4v) is 2.15. The Morgan fingerprint density at radius 3 is 2.48 bits per heavy atom. The number of nitrogens with one attached hydrogen (secondary N) is 1. The zero-order chi connectivity index (χ0) is 16.2. The van der Waals surface area contributed by atoms with E-state index in [9.17, 15) is 18.4 Å². The van der Waals surface area contributed by atoms with Crippen LogP contribution in [0.3, 0.4) is 0 Å². The number of carbonyl (C=O) groups excluding carboxylic acids is 1. The average Bonchev–Trinajstić information content (AvgIpc) is 2.37. The molecule has 21 heavy (non-hydrogen) atoms. The maximum Gasteiger partial charge on any atom is 0.326 e. The van der Waals surface area contributed by atoms with Crippen LogP contribution >= 0.6 is 15.9 Å². The molecule has 0 aliphatic carbocycles. The number of aliphatic carboxylic acids is 1. The Kier molecular flexibility index (Phi) is 5.83. The summed E-state index contributed by atoms with van der Waals surface area (Å²) in [6, 6.07) is 5.36. The molecule has 7 heteroatoms. The predicted octanol–water partition coefficient (Wildman–Crippen LogP) is 2.95. The van der Waals surface area contributed by atoms with Gasteiger partial charge in [-0.05, 0) is 31.5 Å². The highest BCUT2D eigenvalue weighted by molar-refractivity contribution is 9.10. The second kappa shape index (κ2) is 6.98. The van der Waals surface area contributed by atoms with E-state index in [1.807, 2.05) is 0 Å². The van der Waals surface area contributed by atoms with Crippen LogP contribution in [0.4, 0.5) is 8.78 Å². The first-order valence-electron chi connectivity index (χ1n) is 6.22. The van der Waals surface area contributed by atoms with Crippen LogP contribution in [0.15, 0.2) is 28.7 Å². The molecule has 0 radical (unpaired) electrons. The van der Waals surface area contributed by atoms with Crippen molar-refractivity contribution >= 4 is 27.8 Å². The van der Waals surface area contributed by atoms with Gasteiger partial charge in [0.15, 0.2) is 0 Å². The molecule has 0 aliphatic rings. The fraction of sp³-hybridized carbons (Fsp3) is 0.429. The molecule has 4 nitrogen and oxygen atoms in total. The van der Waals surface area contributed by atoms with Crippen molar-refractivity contribution in [1.29, 1.82) is 0 Å². The molecule has 1 aromatic carbocycles. The van der Waals surface area contributed by atoms with Crippen molar-refractivity contribution < 1.29 is 23.5 Å². The van der Waals surface area contributed by atoms with E-state index in [-0.39, 0.29) is 0 Å². The van der Waals surface area contributed by atoms with Gasteiger partial charge in [0.05, 0.1) is 5.41 Å². The highest BCUT2D eigenvalue weighted by Crippen LogP contribution is 2.26. The monoisotopic (exact) mass is 363 g/mol. The molecule has 0 saturated carbocycles. The number of rotatable bonds is 6. The third-order valence-corrected chi connectivity index (χ3v) is 3.62. The number of hydrogen-bond donors (Lipinski definition) is 2. The molecule has 0 aromatic heterocycles. The Balaban J connectivity index is 2.92. The molecule has 0 spiro atoms. The maximum absolute atomic E-state index is 12.3. The standard InChI is InChI=1S/C14H16BrF2NO3/c1-14(2,8-4-3-5-9(15)6-8)13(21)18-10(12(19)20)7-11(16)17/h3-6,10-11H,7H2,1-2H3,(H,18,21)(H,19,20). The number of hydrogen-bond acceptors (Lipinski definition) is 2. The second-order valence-electron chi connectivity index (χ2n) is 5.13. The summed E-state index contributed by atoms with van der Waals surface area (Å²) in [5, 5.41) is 11.1. The lowest BCUT2D eigenvalue weighted by molar-refractivity contribution is -0.143. The third kappa shape index (κ3) is 4.77. The van der Waals surface area contributed by atoms with Crippen molar-refractivity contribution in [3.63, 3.8) is 0 Å². The Hall–Kier alpha value is -1.50. The Labute approximate surface area is 129 Å². The summed E-state index contributed by atoms with van der Waals surface area (Å²) in [6.45, 7) is 3.21. The molecule has 116 valence electrons. The fourth-order valence-electron chi connectivity index (χ4n) is 1.75.